The van der Waals surface area contributed by atoms with E-state index in [-0.39, 0.29) is 0 Å². The van der Waals surface area contributed by atoms with Crippen molar-refractivity contribution >= 4 is 17.6 Å². The van der Waals surface area contributed by atoms with Crippen LogP contribution in [0.4, 0.5) is 5.69 Å². The van der Waals surface area contributed by atoms with E-state index in [1.807, 2.05) is 0 Å². The zero-order valence-electron chi connectivity index (χ0n) is 9.97. The van der Waals surface area contributed by atoms with E-state index in [9.17, 15) is 9.59 Å². The summed E-state index contributed by atoms with van der Waals surface area (Å²) in [6.45, 7) is 0. The van der Waals surface area contributed by atoms with Crippen molar-refractivity contribution in [2.75, 3.05) is 19.5 Å². The Morgan fingerprint density at radius 2 is 1.83 bits per heavy atom. The van der Waals surface area contributed by atoms with E-state index in [1.54, 1.807) is 31.4 Å². The highest BCUT2D eigenvalue weighted by atomic mass is 16.5. The predicted molar refractivity (Wildman–Crippen MR) is 64.4 cm³/mol. The first-order valence-electron chi connectivity index (χ1n) is 5.01. The number of carbonyl (C=O) groups is 2. The first-order chi connectivity index (χ1) is 8.58. The lowest BCUT2D eigenvalue weighted by Gasteiger charge is -2.04. The molecule has 6 heteroatoms. The van der Waals surface area contributed by atoms with E-state index in [2.05, 4.69) is 10.1 Å². The van der Waals surface area contributed by atoms with Crippen molar-refractivity contribution in [3.05, 3.63) is 36.0 Å². The number of anilines is 1. The van der Waals surface area contributed by atoms with Gasteiger partial charge in [0.15, 0.2) is 5.57 Å². The van der Waals surface area contributed by atoms with Crippen LogP contribution >= 0.6 is 0 Å². The van der Waals surface area contributed by atoms with Gasteiger partial charge in [0.25, 0.3) is 0 Å². The Kier molecular flexibility index (Phi) is 4.74. The molecule has 1 rings (SSSR count). The SMILES string of the molecule is COC(=O)C(=CNc1ccc(OC)cc1)C(=O)O. The van der Waals surface area contributed by atoms with Gasteiger partial charge in [-0.15, -0.1) is 0 Å². The Morgan fingerprint density at radius 3 is 2.28 bits per heavy atom. The van der Waals surface area contributed by atoms with Crippen LogP contribution in [0.15, 0.2) is 36.0 Å². The van der Waals surface area contributed by atoms with Gasteiger partial charge in [-0.2, -0.15) is 0 Å². The number of aliphatic carboxylic acids is 1. The molecular weight excluding hydrogens is 238 g/mol. The van der Waals surface area contributed by atoms with Crippen molar-refractivity contribution in [1.82, 2.24) is 0 Å². The minimum atomic E-state index is -1.36. The lowest BCUT2D eigenvalue weighted by molar-refractivity contribution is -0.142. The molecule has 0 unspecified atom stereocenters. The predicted octanol–water partition coefficient (Wildman–Crippen LogP) is 1.25. The molecule has 0 heterocycles. The van der Waals surface area contributed by atoms with E-state index >= 15 is 0 Å². The molecule has 0 aliphatic carbocycles. The highest BCUT2D eigenvalue weighted by Gasteiger charge is 2.17. The van der Waals surface area contributed by atoms with Crippen LogP contribution in [-0.4, -0.2) is 31.3 Å². The molecule has 6 nitrogen and oxygen atoms in total. The van der Waals surface area contributed by atoms with Gasteiger partial charge in [0.2, 0.25) is 0 Å². The summed E-state index contributed by atoms with van der Waals surface area (Å²) in [5.74, 6) is -1.60. The van der Waals surface area contributed by atoms with Crippen molar-refractivity contribution in [3.63, 3.8) is 0 Å². The zero-order valence-corrected chi connectivity index (χ0v) is 9.97. The molecule has 2 N–H and O–H groups in total. The summed E-state index contributed by atoms with van der Waals surface area (Å²) in [5.41, 5.74) is 0.145. The number of rotatable bonds is 5. The van der Waals surface area contributed by atoms with Gasteiger partial charge in [-0.1, -0.05) is 0 Å². The molecule has 0 amide bonds. The van der Waals surface area contributed by atoms with E-state index in [0.29, 0.717) is 11.4 Å². The number of esters is 1. The molecule has 1 aromatic carbocycles. The standard InChI is InChI=1S/C12H13NO5/c1-17-9-5-3-8(4-6-9)13-7-10(11(14)15)12(16)18-2/h3-7,13H,1-2H3,(H,14,15). The smallest absolute Gasteiger partial charge is 0.346 e. The number of ether oxygens (including phenoxy) is 2. The Hall–Kier alpha value is -2.50. The lowest BCUT2D eigenvalue weighted by Crippen LogP contribution is -2.15. The van der Waals surface area contributed by atoms with Crippen molar-refractivity contribution in [2.24, 2.45) is 0 Å². The fourth-order valence-electron chi connectivity index (χ4n) is 1.16. The maximum Gasteiger partial charge on any atom is 0.346 e. The zero-order chi connectivity index (χ0) is 13.5. The number of benzene rings is 1. The van der Waals surface area contributed by atoms with E-state index < -0.39 is 17.5 Å². The largest absolute Gasteiger partial charge is 0.497 e. The third kappa shape index (κ3) is 3.51. The van der Waals surface area contributed by atoms with Crippen LogP contribution in [0.5, 0.6) is 5.75 Å². The number of methoxy groups -OCH3 is 2. The van der Waals surface area contributed by atoms with Crippen molar-refractivity contribution in [2.45, 2.75) is 0 Å². The number of carbonyl (C=O) groups excluding carboxylic acids is 1. The number of hydrogen-bond acceptors (Lipinski definition) is 5. The minimum Gasteiger partial charge on any atom is -0.497 e. The summed E-state index contributed by atoms with van der Waals surface area (Å²) in [6.07, 6.45) is 1.08. The Balaban J connectivity index is 2.81. The second kappa shape index (κ2) is 6.29. The van der Waals surface area contributed by atoms with Crippen LogP contribution in [-0.2, 0) is 14.3 Å². The van der Waals surface area contributed by atoms with Gasteiger partial charge < -0.3 is 19.9 Å². The molecule has 0 atom stereocenters. The molecule has 0 radical (unpaired) electrons. The van der Waals surface area contributed by atoms with Gasteiger partial charge in [0, 0.05) is 11.9 Å². The van der Waals surface area contributed by atoms with Gasteiger partial charge in [0.1, 0.15) is 5.75 Å². The van der Waals surface area contributed by atoms with Crippen LogP contribution in [0.2, 0.25) is 0 Å². The summed E-state index contributed by atoms with van der Waals surface area (Å²) in [7, 11) is 2.66. The summed E-state index contributed by atoms with van der Waals surface area (Å²) in [6, 6.07) is 6.78. The van der Waals surface area contributed by atoms with E-state index in [1.165, 1.54) is 0 Å². The van der Waals surface area contributed by atoms with Crippen LogP contribution in [0.1, 0.15) is 0 Å². The van der Waals surface area contributed by atoms with Crippen LogP contribution < -0.4 is 10.1 Å². The van der Waals surface area contributed by atoms with Gasteiger partial charge in [0.05, 0.1) is 14.2 Å². The molecule has 0 spiro atoms. The Morgan fingerprint density at radius 1 is 1.22 bits per heavy atom. The first-order valence-corrected chi connectivity index (χ1v) is 5.01. The fourth-order valence-corrected chi connectivity index (χ4v) is 1.16. The highest BCUT2D eigenvalue weighted by molar-refractivity contribution is 6.13. The van der Waals surface area contributed by atoms with E-state index in [0.717, 1.165) is 13.3 Å². The molecule has 0 aliphatic heterocycles. The second-order valence-corrected chi connectivity index (χ2v) is 3.23. The van der Waals surface area contributed by atoms with Gasteiger partial charge in [-0.25, -0.2) is 9.59 Å². The van der Waals surface area contributed by atoms with Crippen LogP contribution in [0, 0.1) is 0 Å². The van der Waals surface area contributed by atoms with Gasteiger partial charge in [-0.3, -0.25) is 0 Å². The topological polar surface area (TPSA) is 84.9 Å². The monoisotopic (exact) mass is 251 g/mol. The van der Waals surface area contributed by atoms with Crippen LogP contribution in [0.25, 0.3) is 0 Å². The Bertz CT molecular complexity index is 464. The Labute approximate surface area is 104 Å². The number of hydrogen-bond donors (Lipinski definition) is 2. The molecule has 18 heavy (non-hydrogen) atoms. The highest BCUT2D eigenvalue weighted by Crippen LogP contribution is 2.15. The summed E-state index contributed by atoms with van der Waals surface area (Å²) < 4.78 is 9.33. The third-order valence-corrected chi connectivity index (χ3v) is 2.11. The maximum atomic E-state index is 11.1. The molecule has 0 saturated carbocycles. The first kappa shape index (κ1) is 13.6. The molecule has 0 fully saturated rings. The fraction of sp³-hybridized carbons (Fsp3) is 0.167. The molecule has 0 aromatic heterocycles. The molecule has 1 aromatic rings. The summed E-state index contributed by atoms with van der Waals surface area (Å²) in [5, 5.41) is 11.5. The molecular formula is C12H13NO5. The number of nitrogens with one attached hydrogen (secondary N) is 1. The minimum absolute atomic E-state index is 0.478. The van der Waals surface area contributed by atoms with Crippen molar-refractivity contribution < 1.29 is 24.2 Å². The average molecular weight is 251 g/mol. The quantitative estimate of drug-likeness (QED) is 0.354. The molecule has 0 aliphatic rings. The summed E-state index contributed by atoms with van der Waals surface area (Å²) in [4.78, 5) is 21.9. The second-order valence-electron chi connectivity index (χ2n) is 3.23. The van der Waals surface area contributed by atoms with Gasteiger partial charge >= 0.3 is 11.9 Å². The number of carboxylic acids is 1. The molecule has 0 bridgehead atoms. The van der Waals surface area contributed by atoms with Crippen molar-refractivity contribution in [3.8, 4) is 5.75 Å². The third-order valence-electron chi connectivity index (χ3n) is 2.11. The van der Waals surface area contributed by atoms with E-state index in [4.69, 9.17) is 9.84 Å². The summed E-state index contributed by atoms with van der Waals surface area (Å²) >= 11 is 0. The maximum absolute atomic E-state index is 11.1. The molecule has 0 saturated heterocycles. The van der Waals surface area contributed by atoms with Crippen LogP contribution in [0.3, 0.4) is 0 Å². The van der Waals surface area contributed by atoms with Gasteiger partial charge in [-0.05, 0) is 24.3 Å². The lowest BCUT2D eigenvalue weighted by atomic mass is 10.2. The normalized spacial score (nSPS) is 10.7. The molecule has 96 valence electrons. The number of carboxylic acid groups (broad SMARTS) is 1. The van der Waals surface area contributed by atoms with Crippen molar-refractivity contribution in [1.29, 1.82) is 0 Å². The average Bonchev–Trinajstić information content (AvgIpc) is 2.39.